The molecule has 0 atom stereocenters. The van der Waals surface area contributed by atoms with E-state index in [1.807, 2.05) is 56.3 Å². The lowest BCUT2D eigenvalue weighted by Gasteiger charge is -2.06. The summed E-state index contributed by atoms with van der Waals surface area (Å²) in [6.45, 7) is 4.65. The van der Waals surface area contributed by atoms with Crippen molar-refractivity contribution in [2.24, 2.45) is 0 Å². The van der Waals surface area contributed by atoms with Gasteiger partial charge in [-0.1, -0.05) is 60.2 Å². The van der Waals surface area contributed by atoms with Crippen molar-refractivity contribution in [1.29, 1.82) is 0 Å². The molecule has 0 unspecified atom stereocenters. The quantitative estimate of drug-likeness (QED) is 0.656. The highest BCUT2D eigenvalue weighted by Crippen LogP contribution is 2.06. The van der Waals surface area contributed by atoms with Crippen LogP contribution in [0.3, 0.4) is 0 Å². The first-order valence-electron chi connectivity index (χ1n) is 6.72. The summed E-state index contributed by atoms with van der Waals surface area (Å²) in [4.78, 5) is 12.1. The number of aryl methyl sites for hydroxylation is 1. The van der Waals surface area contributed by atoms with Crippen molar-refractivity contribution in [1.82, 2.24) is 5.32 Å². The Morgan fingerprint density at radius 2 is 1.70 bits per heavy atom. The Balaban J connectivity index is 1.96. The van der Waals surface area contributed by atoms with Crippen molar-refractivity contribution < 1.29 is 4.79 Å². The van der Waals surface area contributed by atoms with E-state index < -0.39 is 0 Å². The van der Waals surface area contributed by atoms with Gasteiger partial charge in [0.25, 0.3) is 0 Å². The van der Waals surface area contributed by atoms with Crippen LogP contribution in [0.4, 0.5) is 0 Å². The fourth-order valence-corrected chi connectivity index (χ4v) is 1.89. The summed E-state index contributed by atoms with van der Waals surface area (Å²) in [6, 6.07) is 17.7. The molecular weight excluding hydrogens is 246 g/mol. The number of benzene rings is 2. The lowest BCUT2D eigenvalue weighted by molar-refractivity contribution is 0.104. The van der Waals surface area contributed by atoms with Crippen molar-refractivity contribution in [3.8, 4) is 0 Å². The average Bonchev–Trinajstić information content (AvgIpc) is 2.47. The molecule has 2 aromatic carbocycles. The van der Waals surface area contributed by atoms with E-state index in [2.05, 4.69) is 17.4 Å². The predicted molar refractivity (Wildman–Crippen MR) is 82.5 cm³/mol. The van der Waals surface area contributed by atoms with Gasteiger partial charge in [-0.3, -0.25) is 4.79 Å². The normalized spacial score (nSPS) is 11.2. The van der Waals surface area contributed by atoms with Gasteiger partial charge in [-0.25, -0.2) is 0 Å². The number of ketones is 1. The van der Waals surface area contributed by atoms with Crippen LogP contribution in [0.1, 0.15) is 28.4 Å². The zero-order chi connectivity index (χ0) is 14.4. The van der Waals surface area contributed by atoms with Crippen molar-refractivity contribution in [2.75, 3.05) is 0 Å². The number of hydrogen-bond donors (Lipinski definition) is 1. The second-order valence-electron chi connectivity index (χ2n) is 4.90. The van der Waals surface area contributed by atoms with Gasteiger partial charge >= 0.3 is 0 Å². The third-order valence-electron chi connectivity index (χ3n) is 3.10. The summed E-state index contributed by atoms with van der Waals surface area (Å²) in [7, 11) is 0. The summed E-state index contributed by atoms with van der Waals surface area (Å²) >= 11 is 0. The highest BCUT2D eigenvalue weighted by molar-refractivity contribution is 6.04. The van der Waals surface area contributed by atoms with Gasteiger partial charge in [0.2, 0.25) is 0 Å². The molecule has 0 heterocycles. The SMILES string of the molecule is C/C(=C/C(=O)c1ccc(C)cc1)NCc1ccccc1. The van der Waals surface area contributed by atoms with E-state index in [1.165, 1.54) is 5.56 Å². The van der Waals surface area contributed by atoms with E-state index in [-0.39, 0.29) is 5.78 Å². The van der Waals surface area contributed by atoms with E-state index in [9.17, 15) is 4.79 Å². The molecule has 0 saturated carbocycles. The summed E-state index contributed by atoms with van der Waals surface area (Å²) in [5.41, 5.74) is 3.95. The standard InChI is InChI=1S/C18H19NO/c1-14-8-10-17(11-9-14)18(20)12-15(2)19-13-16-6-4-3-5-7-16/h3-12,19H,13H2,1-2H3/b15-12-. The number of hydrogen-bond acceptors (Lipinski definition) is 2. The number of rotatable bonds is 5. The van der Waals surface area contributed by atoms with Crippen molar-refractivity contribution in [3.05, 3.63) is 83.1 Å². The van der Waals surface area contributed by atoms with Crippen LogP contribution < -0.4 is 5.32 Å². The average molecular weight is 265 g/mol. The van der Waals surface area contributed by atoms with Gasteiger partial charge in [-0.15, -0.1) is 0 Å². The molecule has 102 valence electrons. The molecule has 0 saturated heterocycles. The maximum absolute atomic E-state index is 12.1. The first kappa shape index (κ1) is 14.1. The third-order valence-corrected chi connectivity index (χ3v) is 3.10. The minimum absolute atomic E-state index is 0.0306. The van der Waals surface area contributed by atoms with Crippen LogP contribution in [0.15, 0.2) is 66.4 Å². The van der Waals surface area contributed by atoms with E-state index in [0.29, 0.717) is 0 Å². The van der Waals surface area contributed by atoms with Crippen LogP contribution >= 0.6 is 0 Å². The molecule has 0 bridgehead atoms. The molecule has 20 heavy (non-hydrogen) atoms. The minimum Gasteiger partial charge on any atom is -0.384 e. The highest BCUT2D eigenvalue weighted by atomic mass is 16.1. The molecule has 0 spiro atoms. The fraction of sp³-hybridized carbons (Fsp3) is 0.167. The molecule has 0 radical (unpaired) electrons. The second-order valence-corrected chi connectivity index (χ2v) is 4.90. The molecule has 2 heteroatoms. The first-order valence-corrected chi connectivity index (χ1v) is 6.72. The maximum Gasteiger partial charge on any atom is 0.187 e. The monoisotopic (exact) mass is 265 g/mol. The predicted octanol–water partition coefficient (Wildman–Crippen LogP) is 3.87. The van der Waals surface area contributed by atoms with Gasteiger partial charge < -0.3 is 5.32 Å². The molecule has 0 aromatic heterocycles. The molecule has 0 fully saturated rings. The summed E-state index contributed by atoms with van der Waals surface area (Å²) in [5.74, 6) is 0.0306. The molecule has 0 aliphatic rings. The number of carbonyl (C=O) groups is 1. The Labute approximate surface area is 120 Å². The van der Waals surface area contributed by atoms with E-state index in [1.54, 1.807) is 6.08 Å². The fourth-order valence-electron chi connectivity index (χ4n) is 1.89. The zero-order valence-electron chi connectivity index (χ0n) is 11.9. The van der Waals surface area contributed by atoms with Crippen LogP contribution in [-0.4, -0.2) is 5.78 Å². The van der Waals surface area contributed by atoms with Crippen LogP contribution in [-0.2, 0) is 6.54 Å². The molecule has 2 nitrogen and oxygen atoms in total. The lowest BCUT2D eigenvalue weighted by Crippen LogP contribution is -2.12. The second kappa shape index (κ2) is 6.71. The minimum atomic E-state index is 0.0306. The molecule has 2 rings (SSSR count). The zero-order valence-corrected chi connectivity index (χ0v) is 11.9. The Kier molecular flexibility index (Phi) is 4.72. The van der Waals surface area contributed by atoms with Gasteiger partial charge in [0.05, 0.1) is 0 Å². The Hall–Kier alpha value is -2.35. The van der Waals surface area contributed by atoms with Gasteiger partial charge in [0.15, 0.2) is 5.78 Å². The summed E-state index contributed by atoms with van der Waals surface area (Å²) in [6.07, 6.45) is 1.65. The molecule has 0 aliphatic heterocycles. The van der Waals surface area contributed by atoms with Crippen LogP contribution in [0.5, 0.6) is 0 Å². The lowest BCUT2D eigenvalue weighted by atomic mass is 10.1. The third kappa shape index (κ3) is 4.09. The highest BCUT2D eigenvalue weighted by Gasteiger charge is 2.02. The number of carbonyl (C=O) groups excluding carboxylic acids is 1. The van der Waals surface area contributed by atoms with Crippen LogP contribution in [0, 0.1) is 6.92 Å². The first-order chi connectivity index (χ1) is 9.65. The molecule has 1 N–H and O–H groups in total. The van der Waals surface area contributed by atoms with Crippen molar-refractivity contribution >= 4 is 5.78 Å². The van der Waals surface area contributed by atoms with Crippen LogP contribution in [0.25, 0.3) is 0 Å². The summed E-state index contributed by atoms with van der Waals surface area (Å²) in [5, 5.41) is 3.25. The topological polar surface area (TPSA) is 29.1 Å². The number of allylic oxidation sites excluding steroid dienone is 2. The van der Waals surface area contributed by atoms with E-state index in [4.69, 9.17) is 0 Å². The summed E-state index contributed by atoms with van der Waals surface area (Å²) < 4.78 is 0. The van der Waals surface area contributed by atoms with Crippen molar-refractivity contribution in [2.45, 2.75) is 20.4 Å². The molecule has 0 aliphatic carbocycles. The smallest absolute Gasteiger partial charge is 0.187 e. The molecular formula is C18H19NO. The Morgan fingerprint density at radius 1 is 1.05 bits per heavy atom. The van der Waals surface area contributed by atoms with Gasteiger partial charge in [0, 0.05) is 23.9 Å². The Morgan fingerprint density at radius 3 is 2.35 bits per heavy atom. The van der Waals surface area contributed by atoms with E-state index in [0.717, 1.165) is 23.4 Å². The van der Waals surface area contributed by atoms with Gasteiger partial charge in [-0.2, -0.15) is 0 Å². The van der Waals surface area contributed by atoms with Crippen molar-refractivity contribution in [3.63, 3.8) is 0 Å². The molecule has 0 amide bonds. The van der Waals surface area contributed by atoms with Crippen LogP contribution in [0.2, 0.25) is 0 Å². The van der Waals surface area contributed by atoms with Gasteiger partial charge in [0.1, 0.15) is 0 Å². The molecule has 2 aromatic rings. The number of nitrogens with one attached hydrogen (secondary N) is 1. The van der Waals surface area contributed by atoms with E-state index >= 15 is 0 Å². The maximum atomic E-state index is 12.1. The Bertz CT molecular complexity index is 597. The largest absolute Gasteiger partial charge is 0.384 e. The van der Waals surface area contributed by atoms with Gasteiger partial charge in [-0.05, 0) is 19.4 Å².